The molecule has 0 spiro atoms. The number of nitrogens with two attached hydrogens (primary N) is 1. The Morgan fingerprint density at radius 1 is 1.45 bits per heavy atom. The molecule has 22 heavy (non-hydrogen) atoms. The van der Waals surface area contributed by atoms with Crippen LogP contribution >= 0.6 is 40.7 Å². The van der Waals surface area contributed by atoms with Crippen LogP contribution in [0.15, 0.2) is 28.7 Å². The van der Waals surface area contributed by atoms with E-state index in [0.717, 1.165) is 24.0 Å². The molecule has 4 nitrogen and oxygen atoms in total. The highest BCUT2D eigenvalue weighted by Gasteiger charge is 2.26. The van der Waals surface area contributed by atoms with Crippen molar-refractivity contribution in [2.75, 3.05) is 24.5 Å². The summed E-state index contributed by atoms with van der Waals surface area (Å²) < 4.78 is 1.09. The van der Waals surface area contributed by atoms with Gasteiger partial charge < -0.3 is 16.0 Å². The van der Waals surface area contributed by atoms with Crippen molar-refractivity contribution < 1.29 is 4.79 Å². The molecule has 1 aromatic carbocycles. The van der Waals surface area contributed by atoms with Crippen LogP contribution in [0.25, 0.3) is 0 Å². The highest BCUT2D eigenvalue weighted by atomic mass is 79.9. The molecule has 2 rings (SSSR count). The van der Waals surface area contributed by atoms with E-state index < -0.39 is 5.54 Å². The fourth-order valence-electron chi connectivity index (χ4n) is 2.37. The molecule has 1 fully saturated rings. The molecular weight excluding hydrogens is 389 g/mol. The van der Waals surface area contributed by atoms with E-state index in [2.05, 4.69) is 38.3 Å². The van der Waals surface area contributed by atoms with E-state index in [1.807, 2.05) is 12.1 Å². The van der Waals surface area contributed by atoms with Crippen molar-refractivity contribution in [1.82, 2.24) is 5.32 Å². The number of halogens is 3. The average molecular weight is 413 g/mol. The Hall–Kier alpha value is -0.490. The third-order valence-corrected chi connectivity index (χ3v) is 4.09. The van der Waals surface area contributed by atoms with Crippen molar-refractivity contribution >= 4 is 52.3 Å². The van der Waals surface area contributed by atoms with E-state index in [0.29, 0.717) is 12.5 Å². The lowest BCUT2D eigenvalue weighted by Gasteiger charge is -2.21. The topological polar surface area (TPSA) is 58.4 Å². The van der Waals surface area contributed by atoms with Crippen LogP contribution in [-0.2, 0) is 4.79 Å². The van der Waals surface area contributed by atoms with E-state index in [1.54, 1.807) is 13.8 Å². The molecule has 3 N–H and O–H groups in total. The number of amides is 1. The van der Waals surface area contributed by atoms with Crippen LogP contribution in [0.3, 0.4) is 0 Å². The van der Waals surface area contributed by atoms with E-state index in [9.17, 15) is 4.79 Å². The van der Waals surface area contributed by atoms with Gasteiger partial charge in [-0.25, -0.2) is 0 Å². The van der Waals surface area contributed by atoms with Crippen molar-refractivity contribution in [2.24, 2.45) is 11.7 Å². The van der Waals surface area contributed by atoms with Gasteiger partial charge in [-0.3, -0.25) is 4.79 Å². The van der Waals surface area contributed by atoms with Crippen LogP contribution < -0.4 is 16.0 Å². The number of carbonyl (C=O) groups excluding carboxylic acids is 1. The summed E-state index contributed by atoms with van der Waals surface area (Å²) in [5, 5.41) is 2.95. The van der Waals surface area contributed by atoms with Gasteiger partial charge in [0.1, 0.15) is 0 Å². The average Bonchev–Trinajstić information content (AvgIpc) is 2.83. The minimum Gasteiger partial charge on any atom is -0.371 e. The normalized spacial score (nSPS) is 17.5. The zero-order valence-corrected chi connectivity index (χ0v) is 16.1. The van der Waals surface area contributed by atoms with Crippen LogP contribution in [0.5, 0.6) is 0 Å². The Bertz CT molecular complexity index is 494. The maximum Gasteiger partial charge on any atom is 0.239 e. The van der Waals surface area contributed by atoms with Crippen molar-refractivity contribution in [2.45, 2.75) is 25.8 Å². The molecule has 0 radical (unpaired) electrons. The highest BCUT2D eigenvalue weighted by molar-refractivity contribution is 9.10. The van der Waals surface area contributed by atoms with Crippen molar-refractivity contribution in [1.29, 1.82) is 0 Å². The lowest BCUT2D eigenvalue weighted by molar-refractivity contribution is -0.125. The SMILES string of the molecule is CC(C)(N)C(=O)NCC1CCN(c2cccc(Br)c2)C1.Cl.Cl. The summed E-state index contributed by atoms with van der Waals surface area (Å²) in [6.07, 6.45) is 1.10. The van der Waals surface area contributed by atoms with Gasteiger partial charge in [-0.2, -0.15) is 0 Å². The predicted octanol–water partition coefficient (Wildman–Crippen LogP) is 2.97. The predicted molar refractivity (Wildman–Crippen MR) is 100 cm³/mol. The zero-order chi connectivity index (χ0) is 14.8. The lowest BCUT2D eigenvalue weighted by Crippen LogP contribution is -2.50. The molecule has 0 aromatic heterocycles. The Balaban J connectivity index is 0.00000220. The summed E-state index contributed by atoms with van der Waals surface area (Å²) >= 11 is 3.50. The highest BCUT2D eigenvalue weighted by Crippen LogP contribution is 2.25. The van der Waals surface area contributed by atoms with Gasteiger partial charge in [0.15, 0.2) is 0 Å². The van der Waals surface area contributed by atoms with Crippen molar-refractivity contribution in [3.63, 3.8) is 0 Å². The molecule has 1 atom stereocenters. The summed E-state index contributed by atoms with van der Waals surface area (Å²) in [6.45, 7) is 6.16. The molecule has 1 unspecified atom stereocenters. The van der Waals surface area contributed by atoms with Crippen LogP contribution in [-0.4, -0.2) is 31.1 Å². The van der Waals surface area contributed by atoms with Crippen LogP contribution in [0.1, 0.15) is 20.3 Å². The van der Waals surface area contributed by atoms with Gasteiger partial charge >= 0.3 is 0 Å². The molecule has 1 aromatic rings. The minimum absolute atomic E-state index is 0. The van der Waals surface area contributed by atoms with Gasteiger partial charge in [0, 0.05) is 29.8 Å². The molecule has 0 aliphatic carbocycles. The standard InChI is InChI=1S/C15H22BrN3O.2ClH/c1-15(2,17)14(20)18-9-11-6-7-19(10-11)13-5-3-4-12(16)8-13;;/h3-5,8,11H,6-7,9-10,17H2,1-2H3,(H,18,20);2*1H. The fourth-order valence-corrected chi connectivity index (χ4v) is 2.76. The number of nitrogens with zero attached hydrogens (tertiary/aromatic N) is 1. The van der Waals surface area contributed by atoms with Crippen LogP contribution in [0.4, 0.5) is 5.69 Å². The van der Waals surface area contributed by atoms with Gasteiger partial charge in [0.05, 0.1) is 5.54 Å². The minimum atomic E-state index is -0.803. The molecule has 126 valence electrons. The summed E-state index contributed by atoms with van der Waals surface area (Å²) in [4.78, 5) is 14.1. The first-order valence-corrected chi connectivity index (χ1v) is 7.73. The molecule has 0 bridgehead atoms. The summed E-state index contributed by atoms with van der Waals surface area (Å²) in [6, 6.07) is 8.32. The van der Waals surface area contributed by atoms with E-state index >= 15 is 0 Å². The maximum atomic E-state index is 11.8. The summed E-state index contributed by atoms with van der Waals surface area (Å²) in [5.74, 6) is 0.402. The van der Waals surface area contributed by atoms with E-state index in [1.165, 1.54) is 5.69 Å². The molecule has 1 aliphatic heterocycles. The second-order valence-electron chi connectivity index (χ2n) is 6.01. The molecule has 7 heteroatoms. The Labute approximate surface area is 153 Å². The quantitative estimate of drug-likeness (QED) is 0.799. The van der Waals surface area contributed by atoms with Gasteiger partial charge in [0.25, 0.3) is 0 Å². The van der Waals surface area contributed by atoms with Crippen LogP contribution in [0, 0.1) is 5.92 Å². The second-order valence-corrected chi connectivity index (χ2v) is 6.93. The number of hydrogen-bond acceptors (Lipinski definition) is 3. The lowest BCUT2D eigenvalue weighted by atomic mass is 10.1. The zero-order valence-electron chi connectivity index (χ0n) is 12.8. The van der Waals surface area contributed by atoms with E-state index in [-0.39, 0.29) is 30.7 Å². The number of nitrogens with one attached hydrogen (secondary N) is 1. The van der Waals surface area contributed by atoms with Gasteiger partial charge in [-0.15, -0.1) is 24.8 Å². The first kappa shape index (κ1) is 21.5. The third-order valence-electron chi connectivity index (χ3n) is 3.60. The van der Waals surface area contributed by atoms with Crippen molar-refractivity contribution in [3.8, 4) is 0 Å². The summed E-state index contributed by atoms with van der Waals surface area (Å²) in [5.41, 5.74) is 6.20. The number of benzene rings is 1. The Morgan fingerprint density at radius 2 is 2.14 bits per heavy atom. The van der Waals surface area contributed by atoms with Gasteiger partial charge in [-0.1, -0.05) is 22.0 Å². The van der Waals surface area contributed by atoms with E-state index in [4.69, 9.17) is 5.73 Å². The first-order valence-electron chi connectivity index (χ1n) is 6.94. The number of hydrogen-bond donors (Lipinski definition) is 2. The summed E-state index contributed by atoms with van der Waals surface area (Å²) in [7, 11) is 0. The van der Waals surface area contributed by atoms with Gasteiger partial charge in [-0.05, 0) is 44.4 Å². The molecule has 1 amide bonds. The monoisotopic (exact) mass is 411 g/mol. The Morgan fingerprint density at radius 3 is 2.73 bits per heavy atom. The number of anilines is 1. The third kappa shape index (κ3) is 5.95. The molecular formula is C15H24BrCl2N3O. The Kier molecular flexibility index (Phi) is 8.77. The molecule has 1 saturated heterocycles. The number of rotatable bonds is 4. The van der Waals surface area contributed by atoms with Crippen molar-refractivity contribution in [3.05, 3.63) is 28.7 Å². The first-order chi connectivity index (χ1) is 9.36. The molecule has 0 saturated carbocycles. The van der Waals surface area contributed by atoms with Crippen LogP contribution in [0.2, 0.25) is 0 Å². The number of carbonyl (C=O) groups is 1. The smallest absolute Gasteiger partial charge is 0.239 e. The maximum absolute atomic E-state index is 11.8. The molecule has 1 aliphatic rings. The second kappa shape index (κ2) is 8.96. The largest absolute Gasteiger partial charge is 0.371 e. The molecule has 1 heterocycles. The fraction of sp³-hybridized carbons (Fsp3) is 0.533. The van der Waals surface area contributed by atoms with Gasteiger partial charge in [0.2, 0.25) is 5.91 Å².